The maximum atomic E-state index is 13.0. The number of nitrogens with one attached hydrogen (secondary N) is 1. The number of aliphatic hydroxyl groups is 1. The Morgan fingerprint density at radius 1 is 1.09 bits per heavy atom. The van der Waals surface area contributed by atoms with E-state index in [1.54, 1.807) is 51.6 Å². The molecule has 2 aromatic carbocycles. The summed E-state index contributed by atoms with van der Waals surface area (Å²) >= 11 is 0. The number of nitrogens with zero attached hydrogens (tertiary/aromatic N) is 3. The van der Waals surface area contributed by atoms with Gasteiger partial charge in [-0.3, -0.25) is 0 Å². The van der Waals surface area contributed by atoms with Gasteiger partial charge in [-0.05, 0) is 79.9 Å². The lowest BCUT2D eigenvalue weighted by atomic mass is 9.98. The molecule has 0 aliphatic carbocycles. The van der Waals surface area contributed by atoms with Gasteiger partial charge < -0.3 is 20.3 Å². The first kappa shape index (κ1) is 24.2. The second-order valence-corrected chi connectivity index (χ2v) is 10.3. The summed E-state index contributed by atoms with van der Waals surface area (Å²) in [5.41, 5.74) is 0.810. The Kier molecular flexibility index (Phi) is 7.84. The zero-order valence-electron chi connectivity index (χ0n) is 18.8. The van der Waals surface area contributed by atoms with Crippen LogP contribution in [0.4, 0.5) is 0 Å². The predicted octanol–water partition coefficient (Wildman–Crippen LogP) is 2.01. The molecule has 1 aliphatic heterocycles. The van der Waals surface area contributed by atoms with E-state index in [2.05, 4.69) is 10.4 Å². The highest BCUT2D eigenvalue weighted by molar-refractivity contribution is 7.89. The Morgan fingerprint density at radius 2 is 1.79 bits per heavy atom. The van der Waals surface area contributed by atoms with E-state index in [0.29, 0.717) is 37.8 Å². The molecule has 2 heterocycles. The fourth-order valence-corrected chi connectivity index (χ4v) is 5.41. The SMILES string of the molecule is O=S(=O)(c1ccc(-n2cccn2)cc1)N1CCC(CNC[C@H](O)COc2ccc(O)cc2)CC1. The molecule has 182 valence electrons. The second kappa shape index (κ2) is 11.0. The number of aromatic nitrogens is 2. The van der Waals surface area contributed by atoms with E-state index in [9.17, 15) is 18.6 Å². The first-order valence-corrected chi connectivity index (χ1v) is 12.8. The van der Waals surface area contributed by atoms with Crippen molar-refractivity contribution in [1.82, 2.24) is 19.4 Å². The molecule has 0 radical (unpaired) electrons. The van der Waals surface area contributed by atoms with Gasteiger partial charge in [0.15, 0.2) is 0 Å². The topological polar surface area (TPSA) is 117 Å². The number of phenolic OH excluding ortho intramolecular Hbond substituents is 1. The Hall–Kier alpha value is -2.92. The first-order valence-electron chi connectivity index (χ1n) is 11.3. The van der Waals surface area contributed by atoms with Crippen LogP contribution in [0.1, 0.15) is 12.8 Å². The summed E-state index contributed by atoms with van der Waals surface area (Å²) in [5, 5.41) is 26.8. The van der Waals surface area contributed by atoms with Crippen molar-refractivity contribution >= 4 is 10.0 Å². The molecule has 1 saturated heterocycles. The highest BCUT2D eigenvalue weighted by Crippen LogP contribution is 2.24. The van der Waals surface area contributed by atoms with E-state index in [1.165, 1.54) is 12.1 Å². The molecular weight excluding hydrogens is 456 g/mol. The molecule has 34 heavy (non-hydrogen) atoms. The van der Waals surface area contributed by atoms with Gasteiger partial charge in [0.1, 0.15) is 24.2 Å². The molecule has 3 N–H and O–H groups in total. The van der Waals surface area contributed by atoms with Gasteiger partial charge in [-0.15, -0.1) is 0 Å². The first-order chi connectivity index (χ1) is 16.4. The number of sulfonamides is 1. The minimum atomic E-state index is -3.53. The molecule has 0 bridgehead atoms. The molecule has 10 heteroatoms. The quantitative estimate of drug-likeness (QED) is 0.401. The number of ether oxygens (including phenoxy) is 1. The van der Waals surface area contributed by atoms with Crippen molar-refractivity contribution in [2.24, 2.45) is 5.92 Å². The van der Waals surface area contributed by atoms with Gasteiger partial charge >= 0.3 is 0 Å². The number of rotatable bonds is 10. The van der Waals surface area contributed by atoms with Crippen LogP contribution in [0, 0.1) is 5.92 Å². The van der Waals surface area contributed by atoms with Crippen LogP contribution in [0.5, 0.6) is 11.5 Å². The summed E-state index contributed by atoms with van der Waals surface area (Å²) in [6, 6.07) is 14.9. The van der Waals surface area contributed by atoms with Crippen molar-refractivity contribution in [2.45, 2.75) is 23.8 Å². The molecule has 1 aliphatic rings. The van der Waals surface area contributed by atoms with E-state index in [-0.39, 0.29) is 17.3 Å². The molecule has 1 fully saturated rings. The van der Waals surface area contributed by atoms with Crippen molar-refractivity contribution in [2.75, 3.05) is 32.8 Å². The summed E-state index contributed by atoms with van der Waals surface area (Å²) in [5.74, 6) is 1.09. The molecule has 0 amide bonds. The van der Waals surface area contributed by atoms with Gasteiger partial charge in [0.25, 0.3) is 0 Å². The fraction of sp³-hybridized carbons (Fsp3) is 0.375. The Balaban J connectivity index is 1.19. The number of hydrogen-bond donors (Lipinski definition) is 3. The van der Waals surface area contributed by atoms with Crippen molar-refractivity contribution in [3.8, 4) is 17.2 Å². The van der Waals surface area contributed by atoms with Gasteiger partial charge in [-0.25, -0.2) is 13.1 Å². The Labute approximate surface area is 199 Å². The van der Waals surface area contributed by atoms with E-state index in [0.717, 1.165) is 18.5 Å². The standard InChI is InChI=1S/C24H30N4O5S/c29-21-4-6-23(7-5-21)33-18-22(30)17-25-16-19-10-14-27(15-11-19)34(31,32)24-8-2-20(3-9-24)28-13-1-12-26-28/h1-9,12-13,19,22,25,29-30H,10-11,14-18H2/t22-/m0/s1. The van der Waals surface area contributed by atoms with Crippen LogP contribution in [-0.4, -0.2) is 71.6 Å². The van der Waals surface area contributed by atoms with Gasteiger partial charge in [-0.2, -0.15) is 9.40 Å². The summed E-state index contributed by atoms with van der Waals surface area (Å²) < 4.78 is 34.8. The number of phenols is 1. The molecule has 4 rings (SSSR count). The lowest BCUT2D eigenvalue weighted by molar-refractivity contribution is 0.104. The van der Waals surface area contributed by atoms with E-state index < -0.39 is 16.1 Å². The second-order valence-electron chi connectivity index (χ2n) is 8.41. The highest BCUT2D eigenvalue weighted by Gasteiger charge is 2.29. The van der Waals surface area contributed by atoms with Crippen LogP contribution in [0.3, 0.4) is 0 Å². The van der Waals surface area contributed by atoms with Crippen molar-refractivity contribution in [3.05, 3.63) is 67.0 Å². The number of aliphatic hydroxyl groups excluding tert-OH is 1. The minimum Gasteiger partial charge on any atom is -0.508 e. The minimum absolute atomic E-state index is 0.146. The third-order valence-electron chi connectivity index (χ3n) is 5.91. The molecule has 0 saturated carbocycles. The van der Waals surface area contributed by atoms with Gasteiger partial charge in [-0.1, -0.05) is 0 Å². The van der Waals surface area contributed by atoms with E-state index in [1.807, 2.05) is 12.3 Å². The Bertz CT molecular complexity index is 1130. The van der Waals surface area contributed by atoms with E-state index >= 15 is 0 Å². The molecule has 3 aromatic rings. The summed E-state index contributed by atoms with van der Waals surface area (Å²) in [6.45, 7) is 2.19. The zero-order chi connectivity index (χ0) is 24.0. The van der Waals surface area contributed by atoms with Crippen LogP contribution in [0.25, 0.3) is 5.69 Å². The lowest BCUT2D eigenvalue weighted by Crippen LogP contribution is -2.42. The lowest BCUT2D eigenvalue weighted by Gasteiger charge is -2.31. The van der Waals surface area contributed by atoms with Crippen molar-refractivity contribution in [1.29, 1.82) is 0 Å². The molecule has 0 unspecified atom stereocenters. The third-order valence-corrected chi connectivity index (χ3v) is 7.82. The predicted molar refractivity (Wildman–Crippen MR) is 128 cm³/mol. The highest BCUT2D eigenvalue weighted by atomic mass is 32.2. The summed E-state index contributed by atoms with van der Waals surface area (Å²) in [6.07, 6.45) is 4.34. The molecule has 1 atom stereocenters. The molecule has 1 aromatic heterocycles. The molecule has 0 spiro atoms. The van der Waals surface area contributed by atoms with Crippen molar-refractivity contribution in [3.63, 3.8) is 0 Å². The van der Waals surface area contributed by atoms with Gasteiger partial charge in [0.2, 0.25) is 10.0 Å². The number of hydrogen-bond acceptors (Lipinski definition) is 7. The van der Waals surface area contributed by atoms with Crippen LogP contribution in [0.15, 0.2) is 71.9 Å². The fourth-order valence-electron chi connectivity index (χ4n) is 3.94. The molecular formula is C24H30N4O5S. The number of benzene rings is 2. The van der Waals surface area contributed by atoms with Crippen LogP contribution < -0.4 is 10.1 Å². The summed E-state index contributed by atoms with van der Waals surface area (Å²) in [4.78, 5) is 0.289. The normalized spacial score (nSPS) is 16.4. The van der Waals surface area contributed by atoms with Crippen molar-refractivity contribution < 1.29 is 23.4 Å². The summed E-state index contributed by atoms with van der Waals surface area (Å²) in [7, 11) is -3.53. The van der Waals surface area contributed by atoms with Gasteiger partial charge in [0, 0.05) is 32.0 Å². The molecule has 9 nitrogen and oxygen atoms in total. The zero-order valence-corrected chi connectivity index (χ0v) is 19.6. The number of piperidine rings is 1. The Morgan fingerprint density at radius 3 is 2.44 bits per heavy atom. The van der Waals surface area contributed by atoms with Crippen LogP contribution in [0.2, 0.25) is 0 Å². The smallest absolute Gasteiger partial charge is 0.243 e. The maximum absolute atomic E-state index is 13.0. The average molecular weight is 487 g/mol. The average Bonchev–Trinajstić information content (AvgIpc) is 3.39. The van der Waals surface area contributed by atoms with Crippen LogP contribution in [-0.2, 0) is 10.0 Å². The maximum Gasteiger partial charge on any atom is 0.243 e. The van der Waals surface area contributed by atoms with Crippen LogP contribution >= 0.6 is 0 Å². The largest absolute Gasteiger partial charge is 0.508 e. The number of aromatic hydroxyl groups is 1. The third kappa shape index (κ3) is 6.15. The van der Waals surface area contributed by atoms with E-state index in [4.69, 9.17) is 4.74 Å². The van der Waals surface area contributed by atoms with Gasteiger partial charge in [0.05, 0.1) is 10.6 Å². The monoisotopic (exact) mass is 486 g/mol.